The highest BCUT2D eigenvalue weighted by molar-refractivity contribution is 5.91. The second-order valence-electron chi connectivity index (χ2n) is 6.53. The number of H-pyrrole nitrogens is 1. The zero-order valence-corrected chi connectivity index (χ0v) is 14.8. The van der Waals surface area contributed by atoms with Gasteiger partial charge < -0.3 is 19.2 Å². The van der Waals surface area contributed by atoms with E-state index in [1.54, 1.807) is 12.2 Å². The third-order valence-corrected chi connectivity index (χ3v) is 4.64. The van der Waals surface area contributed by atoms with Crippen molar-refractivity contribution in [2.75, 3.05) is 31.1 Å². The van der Waals surface area contributed by atoms with Crippen LogP contribution in [0.3, 0.4) is 0 Å². The number of fused-ring (bicyclic) bond motifs is 1. The van der Waals surface area contributed by atoms with Gasteiger partial charge in [-0.25, -0.2) is 4.98 Å². The Morgan fingerprint density at radius 3 is 2.85 bits per heavy atom. The van der Waals surface area contributed by atoms with Gasteiger partial charge in [0.15, 0.2) is 0 Å². The quantitative estimate of drug-likeness (QED) is 0.737. The fourth-order valence-electron chi connectivity index (χ4n) is 3.24. The molecule has 1 aliphatic heterocycles. The van der Waals surface area contributed by atoms with E-state index in [2.05, 4.69) is 14.9 Å². The summed E-state index contributed by atoms with van der Waals surface area (Å²) in [6.45, 7) is 4.96. The van der Waals surface area contributed by atoms with E-state index in [4.69, 9.17) is 4.42 Å². The van der Waals surface area contributed by atoms with Gasteiger partial charge in [-0.3, -0.25) is 4.79 Å². The number of aryl methyl sites for hydroxylation is 1. The lowest BCUT2D eigenvalue weighted by atomic mass is 10.3. The Morgan fingerprint density at radius 2 is 2.04 bits per heavy atom. The lowest BCUT2D eigenvalue weighted by Crippen LogP contribution is -2.34. The summed E-state index contributed by atoms with van der Waals surface area (Å²) in [4.78, 5) is 24.6. The fraction of sp³-hybridized carbons (Fsp3) is 0.300. The Labute approximate surface area is 152 Å². The lowest BCUT2D eigenvalue weighted by molar-refractivity contribution is -0.125. The minimum Gasteiger partial charge on any atom is -0.462 e. The van der Waals surface area contributed by atoms with Crippen LogP contribution in [0.25, 0.3) is 17.1 Å². The van der Waals surface area contributed by atoms with Crippen molar-refractivity contribution < 1.29 is 9.21 Å². The van der Waals surface area contributed by atoms with Crippen LogP contribution >= 0.6 is 0 Å². The number of hydrogen-bond acceptors (Lipinski definition) is 4. The number of nitrogens with one attached hydrogen (secondary N) is 1. The fourth-order valence-corrected chi connectivity index (χ4v) is 3.24. The van der Waals surface area contributed by atoms with E-state index in [1.165, 1.54) is 0 Å². The highest BCUT2D eigenvalue weighted by Crippen LogP contribution is 2.18. The highest BCUT2D eigenvalue weighted by atomic mass is 16.3. The van der Waals surface area contributed by atoms with Crippen LogP contribution in [-0.2, 0) is 4.79 Å². The molecule has 1 fully saturated rings. The molecule has 1 aromatic carbocycles. The molecule has 1 amide bonds. The van der Waals surface area contributed by atoms with Crippen molar-refractivity contribution >= 4 is 29.0 Å². The summed E-state index contributed by atoms with van der Waals surface area (Å²) in [7, 11) is 0. The number of amides is 1. The molecule has 0 aliphatic carbocycles. The minimum absolute atomic E-state index is 0.0190. The van der Waals surface area contributed by atoms with Crippen LogP contribution in [-0.4, -0.2) is 47.0 Å². The predicted octanol–water partition coefficient (Wildman–Crippen LogP) is 3.22. The Kier molecular flexibility index (Phi) is 4.48. The molecule has 134 valence electrons. The molecule has 4 rings (SSSR count). The number of carbonyl (C=O) groups excluding carboxylic acids is 1. The monoisotopic (exact) mass is 350 g/mol. The SMILES string of the molecule is Cc1ccc(/C=C/C(=O)N2CCCN(c3nc4ccccc4[nH]3)CC2)o1. The molecule has 2 aromatic heterocycles. The lowest BCUT2D eigenvalue weighted by Gasteiger charge is -2.20. The number of para-hydroxylation sites is 2. The number of anilines is 1. The molecule has 0 unspecified atom stereocenters. The molecule has 3 aromatic rings. The van der Waals surface area contributed by atoms with E-state index in [1.807, 2.05) is 48.2 Å². The summed E-state index contributed by atoms with van der Waals surface area (Å²) < 4.78 is 5.47. The van der Waals surface area contributed by atoms with Crippen LogP contribution in [0.2, 0.25) is 0 Å². The van der Waals surface area contributed by atoms with Gasteiger partial charge in [0.25, 0.3) is 0 Å². The molecular formula is C20H22N4O2. The number of furan rings is 1. The number of imidazole rings is 1. The van der Waals surface area contributed by atoms with Gasteiger partial charge in [0.05, 0.1) is 11.0 Å². The average Bonchev–Trinajstić information content (AvgIpc) is 3.18. The van der Waals surface area contributed by atoms with Crippen molar-refractivity contribution in [3.8, 4) is 0 Å². The normalized spacial score (nSPS) is 15.7. The van der Waals surface area contributed by atoms with Gasteiger partial charge in [-0.05, 0) is 43.7 Å². The molecule has 0 saturated carbocycles. The van der Waals surface area contributed by atoms with E-state index in [0.29, 0.717) is 12.3 Å². The summed E-state index contributed by atoms with van der Waals surface area (Å²) in [5.41, 5.74) is 2.01. The number of benzene rings is 1. The second-order valence-corrected chi connectivity index (χ2v) is 6.53. The van der Waals surface area contributed by atoms with Gasteiger partial charge in [-0.15, -0.1) is 0 Å². The Hall–Kier alpha value is -3.02. The highest BCUT2D eigenvalue weighted by Gasteiger charge is 2.19. The molecule has 1 N–H and O–H groups in total. The number of nitrogens with zero attached hydrogens (tertiary/aromatic N) is 3. The number of hydrogen-bond donors (Lipinski definition) is 1. The molecule has 6 nitrogen and oxygen atoms in total. The largest absolute Gasteiger partial charge is 0.462 e. The molecule has 1 aliphatic rings. The molecule has 26 heavy (non-hydrogen) atoms. The Morgan fingerprint density at radius 1 is 1.15 bits per heavy atom. The maximum absolute atomic E-state index is 12.5. The van der Waals surface area contributed by atoms with Crippen molar-refractivity contribution in [2.45, 2.75) is 13.3 Å². The molecule has 0 bridgehead atoms. The molecule has 6 heteroatoms. The average molecular weight is 350 g/mol. The van der Waals surface area contributed by atoms with Gasteiger partial charge in [0, 0.05) is 32.3 Å². The zero-order valence-electron chi connectivity index (χ0n) is 14.8. The van der Waals surface area contributed by atoms with Crippen molar-refractivity contribution in [3.63, 3.8) is 0 Å². The van der Waals surface area contributed by atoms with Gasteiger partial charge in [0.2, 0.25) is 11.9 Å². The maximum Gasteiger partial charge on any atom is 0.246 e. The summed E-state index contributed by atoms with van der Waals surface area (Å²) >= 11 is 0. The van der Waals surface area contributed by atoms with E-state index < -0.39 is 0 Å². The summed E-state index contributed by atoms with van der Waals surface area (Å²) in [5, 5.41) is 0. The van der Waals surface area contributed by atoms with Crippen molar-refractivity contribution in [1.29, 1.82) is 0 Å². The molecular weight excluding hydrogens is 328 g/mol. The van der Waals surface area contributed by atoms with Crippen LogP contribution in [0.4, 0.5) is 5.95 Å². The molecule has 1 saturated heterocycles. The number of aromatic nitrogens is 2. The standard InChI is InChI=1S/C20H22N4O2/c1-15-7-8-16(26-15)9-10-19(25)23-11-4-12-24(14-13-23)20-21-17-5-2-3-6-18(17)22-20/h2-3,5-10H,4,11-14H2,1H3,(H,21,22)/b10-9+. The zero-order chi connectivity index (χ0) is 17.9. The summed E-state index contributed by atoms with van der Waals surface area (Å²) in [6, 6.07) is 11.8. The van der Waals surface area contributed by atoms with Gasteiger partial charge in [-0.2, -0.15) is 0 Å². The first-order chi connectivity index (χ1) is 12.7. The topological polar surface area (TPSA) is 65.4 Å². The summed E-state index contributed by atoms with van der Waals surface area (Å²) in [6.07, 6.45) is 4.24. The van der Waals surface area contributed by atoms with Gasteiger partial charge in [-0.1, -0.05) is 12.1 Å². The van der Waals surface area contributed by atoms with E-state index in [-0.39, 0.29) is 5.91 Å². The Bertz CT molecular complexity index is 907. The number of carbonyl (C=O) groups is 1. The van der Waals surface area contributed by atoms with Crippen LogP contribution in [0.15, 0.2) is 46.9 Å². The Balaban J connectivity index is 1.41. The molecule has 0 atom stereocenters. The second kappa shape index (κ2) is 7.07. The molecule has 0 spiro atoms. The first kappa shape index (κ1) is 16.4. The van der Waals surface area contributed by atoms with Crippen LogP contribution < -0.4 is 4.90 Å². The summed E-state index contributed by atoms with van der Waals surface area (Å²) in [5.74, 6) is 2.44. The third-order valence-electron chi connectivity index (χ3n) is 4.64. The van der Waals surface area contributed by atoms with E-state index >= 15 is 0 Å². The first-order valence-corrected chi connectivity index (χ1v) is 8.92. The van der Waals surface area contributed by atoms with E-state index in [9.17, 15) is 4.79 Å². The predicted molar refractivity (Wildman–Crippen MR) is 102 cm³/mol. The minimum atomic E-state index is 0.0190. The van der Waals surface area contributed by atoms with Crippen molar-refractivity contribution in [3.05, 3.63) is 54.0 Å². The van der Waals surface area contributed by atoms with Gasteiger partial charge >= 0.3 is 0 Å². The molecule has 3 heterocycles. The van der Waals surface area contributed by atoms with Crippen LogP contribution in [0.1, 0.15) is 17.9 Å². The van der Waals surface area contributed by atoms with Crippen molar-refractivity contribution in [1.82, 2.24) is 14.9 Å². The van der Waals surface area contributed by atoms with Crippen LogP contribution in [0, 0.1) is 6.92 Å². The number of rotatable bonds is 3. The van der Waals surface area contributed by atoms with Crippen molar-refractivity contribution in [2.24, 2.45) is 0 Å². The van der Waals surface area contributed by atoms with E-state index in [0.717, 1.165) is 48.8 Å². The van der Waals surface area contributed by atoms with Crippen LogP contribution in [0.5, 0.6) is 0 Å². The third kappa shape index (κ3) is 3.49. The smallest absolute Gasteiger partial charge is 0.246 e. The maximum atomic E-state index is 12.5. The first-order valence-electron chi connectivity index (χ1n) is 8.92. The van der Waals surface area contributed by atoms with Gasteiger partial charge in [0.1, 0.15) is 11.5 Å². The number of aromatic amines is 1. The molecule has 0 radical (unpaired) electrons.